The maximum atomic E-state index is 11.9. The molecule has 0 saturated heterocycles. The van der Waals surface area contributed by atoms with Gasteiger partial charge in [0, 0.05) is 6.04 Å². The minimum absolute atomic E-state index is 0.378. The summed E-state index contributed by atoms with van der Waals surface area (Å²) in [4.78, 5) is 10.6. The topological polar surface area (TPSA) is 29.1 Å². The van der Waals surface area contributed by atoms with E-state index >= 15 is 0 Å². The van der Waals surface area contributed by atoms with Gasteiger partial charge in [0.25, 0.3) is 0 Å². The Kier molecular flexibility index (Phi) is 3.93. The van der Waals surface area contributed by atoms with Crippen molar-refractivity contribution in [2.45, 2.75) is 25.6 Å². The van der Waals surface area contributed by atoms with Crippen LogP contribution in [0.4, 0.5) is 13.2 Å². The van der Waals surface area contributed by atoms with Crippen LogP contribution < -0.4 is 5.32 Å². The summed E-state index contributed by atoms with van der Waals surface area (Å²) >= 11 is 0. The Morgan fingerprint density at radius 3 is 2.38 bits per heavy atom. The molecule has 16 heavy (non-hydrogen) atoms. The quantitative estimate of drug-likeness (QED) is 0.849. The fourth-order valence-electron chi connectivity index (χ4n) is 1.32. The molecular formula is C11H12F3NO. The highest BCUT2D eigenvalue weighted by molar-refractivity contribution is 5.81. The normalized spacial score (nSPS) is 13.2. The van der Waals surface area contributed by atoms with E-state index in [9.17, 15) is 18.0 Å². The van der Waals surface area contributed by atoms with Crippen LogP contribution in [-0.4, -0.2) is 18.1 Å². The monoisotopic (exact) mass is 231 g/mol. The first-order chi connectivity index (χ1) is 7.39. The summed E-state index contributed by atoms with van der Waals surface area (Å²) in [7, 11) is 0. The van der Waals surface area contributed by atoms with Gasteiger partial charge in [-0.3, -0.25) is 4.79 Å². The Bertz CT molecular complexity index is 348. The number of nitrogens with one attached hydrogen (secondary N) is 1. The standard InChI is InChI=1S/C11H12F3NO/c1-8(15-10(16)11(12,13)14)7-9-5-3-2-4-6-9/h2-6,8H,7H2,1H3,(H,15,16)/t8-/m0/s1. The highest BCUT2D eigenvalue weighted by Gasteiger charge is 2.39. The summed E-state index contributed by atoms with van der Waals surface area (Å²) in [5.41, 5.74) is 0.887. The molecular weight excluding hydrogens is 219 g/mol. The summed E-state index contributed by atoms with van der Waals surface area (Å²) in [5, 5.41) is 1.90. The molecule has 1 N–H and O–H groups in total. The second kappa shape index (κ2) is 5.01. The molecule has 0 aliphatic rings. The lowest BCUT2D eigenvalue weighted by atomic mass is 10.1. The van der Waals surface area contributed by atoms with Crippen LogP contribution in [0.3, 0.4) is 0 Å². The molecule has 1 aromatic rings. The van der Waals surface area contributed by atoms with Gasteiger partial charge in [0.15, 0.2) is 0 Å². The van der Waals surface area contributed by atoms with Crippen LogP contribution in [0.2, 0.25) is 0 Å². The lowest BCUT2D eigenvalue weighted by Crippen LogP contribution is -2.42. The van der Waals surface area contributed by atoms with Crippen molar-refractivity contribution in [3.8, 4) is 0 Å². The van der Waals surface area contributed by atoms with Crippen LogP contribution in [0.15, 0.2) is 30.3 Å². The van der Waals surface area contributed by atoms with E-state index in [1.165, 1.54) is 6.92 Å². The van der Waals surface area contributed by atoms with E-state index < -0.39 is 18.1 Å². The van der Waals surface area contributed by atoms with Crippen molar-refractivity contribution < 1.29 is 18.0 Å². The summed E-state index contributed by atoms with van der Waals surface area (Å²) in [6.45, 7) is 1.54. The zero-order chi connectivity index (χ0) is 12.2. The second-order valence-electron chi connectivity index (χ2n) is 3.56. The Hall–Kier alpha value is -1.52. The van der Waals surface area contributed by atoms with Crippen LogP contribution in [0, 0.1) is 0 Å². The Morgan fingerprint density at radius 2 is 1.88 bits per heavy atom. The maximum absolute atomic E-state index is 11.9. The molecule has 0 radical (unpaired) electrons. The van der Waals surface area contributed by atoms with E-state index in [4.69, 9.17) is 0 Å². The number of carbonyl (C=O) groups is 1. The highest BCUT2D eigenvalue weighted by Crippen LogP contribution is 2.15. The first-order valence-electron chi connectivity index (χ1n) is 4.81. The van der Waals surface area contributed by atoms with Crippen LogP contribution in [-0.2, 0) is 11.2 Å². The molecule has 1 rings (SSSR count). The van der Waals surface area contributed by atoms with Gasteiger partial charge in [-0.2, -0.15) is 13.2 Å². The van der Waals surface area contributed by atoms with Gasteiger partial charge >= 0.3 is 12.1 Å². The van der Waals surface area contributed by atoms with Gasteiger partial charge in [0.2, 0.25) is 0 Å². The van der Waals surface area contributed by atoms with Crippen LogP contribution in [0.1, 0.15) is 12.5 Å². The van der Waals surface area contributed by atoms with Gasteiger partial charge < -0.3 is 5.32 Å². The van der Waals surface area contributed by atoms with Crippen molar-refractivity contribution >= 4 is 5.91 Å². The van der Waals surface area contributed by atoms with E-state index in [0.29, 0.717) is 6.42 Å². The number of halogens is 3. The summed E-state index contributed by atoms with van der Waals surface area (Å²) in [6.07, 6.45) is -4.44. The zero-order valence-electron chi connectivity index (χ0n) is 8.71. The highest BCUT2D eigenvalue weighted by atomic mass is 19.4. The number of hydrogen-bond acceptors (Lipinski definition) is 1. The molecule has 0 heterocycles. The first-order valence-corrected chi connectivity index (χ1v) is 4.81. The molecule has 0 fully saturated rings. The lowest BCUT2D eigenvalue weighted by Gasteiger charge is -2.15. The Labute approximate surface area is 91.5 Å². The largest absolute Gasteiger partial charge is 0.471 e. The van der Waals surface area contributed by atoms with Crippen molar-refractivity contribution in [2.75, 3.05) is 0 Å². The number of rotatable bonds is 3. The number of benzene rings is 1. The first kappa shape index (κ1) is 12.5. The molecule has 0 saturated carbocycles. The molecule has 1 amide bonds. The summed E-state index contributed by atoms with van der Waals surface area (Å²) in [6, 6.07) is 8.48. The third-order valence-electron chi connectivity index (χ3n) is 2.02. The van der Waals surface area contributed by atoms with Crippen molar-refractivity contribution in [1.29, 1.82) is 0 Å². The van der Waals surface area contributed by atoms with Gasteiger partial charge in [-0.1, -0.05) is 30.3 Å². The molecule has 0 aromatic heterocycles. The molecule has 0 unspecified atom stereocenters. The molecule has 1 atom stereocenters. The third-order valence-corrected chi connectivity index (χ3v) is 2.02. The van der Waals surface area contributed by atoms with E-state index in [0.717, 1.165) is 5.56 Å². The number of hydrogen-bond donors (Lipinski definition) is 1. The van der Waals surface area contributed by atoms with Crippen molar-refractivity contribution in [2.24, 2.45) is 0 Å². The van der Waals surface area contributed by atoms with Gasteiger partial charge in [-0.15, -0.1) is 0 Å². The predicted molar refractivity (Wildman–Crippen MR) is 53.8 cm³/mol. The molecule has 5 heteroatoms. The fourth-order valence-corrected chi connectivity index (χ4v) is 1.32. The van der Waals surface area contributed by atoms with Gasteiger partial charge in [-0.05, 0) is 18.9 Å². The minimum Gasteiger partial charge on any atom is -0.345 e. The van der Waals surface area contributed by atoms with Gasteiger partial charge in [-0.25, -0.2) is 0 Å². The molecule has 0 bridgehead atoms. The van der Waals surface area contributed by atoms with E-state index in [2.05, 4.69) is 0 Å². The van der Waals surface area contributed by atoms with Crippen LogP contribution in [0.25, 0.3) is 0 Å². The van der Waals surface area contributed by atoms with Crippen molar-refractivity contribution in [3.63, 3.8) is 0 Å². The van der Waals surface area contributed by atoms with Crippen LogP contribution >= 0.6 is 0 Å². The SMILES string of the molecule is C[C@@H](Cc1ccccc1)NC(=O)C(F)(F)F. The Balaban J connectivity index is 2.49. The van der Waals surface area contributed by atoms with E-state index in [1.807, 2.05) is 11.4 Å². The molecule has 0 spiro atoms. The number of alkyl halides is 3. The van der Waals surface area contributed by atoms with E-state index in [1.54, 1.807) is 24.3 Å². The van der Waals surface area contributed by atoms with Gasteiger partial charge in [0.05, 0.1) is 0 Å². The lowest BCUT2D eigenvalue weighted by molar-refractivity contribution is -0.174. The minimum atomic E-state index is -4.81. The number of carbonyl (C=O) groups excluding carboxylic acids is 1. The smallest absolute Gasteiger partial charge is 0.345 e. The summed E-state index contributed by atoms with van der Waals surface area (Å²) < 4.78 is 35.8. The van der Waals surface area contributed by atoms with Crippen molar-refractivity contribution in [1.82, 2.24) is 5.32 Å². The van der Waals surface area contributed by atoms with Crippen LogP contribution in [0.5, 0.6) is 0 Å². The third kappa shape index (κ3) is 3.92. The molecule has 1 aromatic carbocycles. The average Bonchev–Trinajstić information content (AvgIpc) is 2.17. The molecule has 2 nitrogen and oxygen atoms in total. The zero-order valence-corrected chi connectivity index (χ0v) is 8.71. The number of amides is 1. The average molecular weight is 231 g/mol. The fraction of sp³-hybridized carbons (Fsp3) is 0.364. The Morgan fingerprint density at radius 1 is 1.31 bits per heavy atom. The van der Waals surface area contributed by atoms with Crippen molar-refractivity contribution in [3.05, 3.63) is 35.9 Å². The predicted octanol–water partition coefficient (Wildman–Crippen LogP) is 2.30. The molecule has 0 aliphatic carbocycles. The maximum Gasteiger partial charge on any atom is 0.471 e. The summed E-state index contributed by atoms with van der Waals surface area (Å²) in [5.74, 6) is -1.89. The van der Waals surface area contributed by atoms with Gasteiger partial charge in [0.1, 0.15) is 0 Å². The molecule has 0 aliphatic heterocycles. The molecule has 88 valence electrons. The van der Waals surface area contributed by atoms with E-state index in [-0.39, 0.29) is 0 Å². The second-order valence-corrected chi connectivity index (χ2v) is 3.56.